The van der Waals surface area contributed by atoms with Gasteiger partial charge in [-0.15, -0.1) is 24.0 Å². The van der Waals surface area contributed by atoms with E-state index in [9.17, 15) is 4.79 Å². The number of hydrogen-bond acceptors (Lipinski definition) is 4. The van der Waals surface area contributed by atoms with Crippen molar-refractivity contribution < 1.29 is 9.53 Å². The van der Waals surface area contributed by atoms with Gasteiger partial charge in [-0.1, -0.05) is 12.1 Å². The van der Waals surface area contributed by atoms with E-state index in [1.807, 2.05) is 38.1 Å². The van der Waals surface area contributed by atoms with Crippen LogP contribution in [0.15, 0.2) is 29.3 Å². The summed E-state index contributed by atoms with van der Waals surface area (Å²) in [5.41, 5.74) is 1.89. The van der Waals surface area contributed by atoms with E-state index in [0.29, 0.717) is 6.54 Å². The van der Waals surface area contributed by atoms with Gasteiger partial charge in [0.25, 0.3) is 0 Å². The fourth-order valence-electron chi connectivity index (χ4n) is 3.12. The monoisotopic (exact) mass is 532 g/mol. The zero-order chi connectivity index (χ0) is 21.3. The van der Waals surface area contributed by atoms with E-state index >= 15 is 0 Å². The minimum absolute atomic E-state index is 0. The molecule has 0 unspecified atom stereocenters. The number of amides is 2. The van der Waals surface area contributed by atoms with E-state index in [2.05, 4.69) is 45.0 Å². The third-order valence-corrected chi connectivity index (χ3v) is 4.87. The van der Waals surface area contributed by atoms with Crippen LogP contribution in [-0.4, -0.2) is 68.4 Å². The van der Waals surface area contributed by atoms with E-state index in [1.54, 1.807) is 7.05 Å². The quantitative estimate of drug-likeness (QED) is 0.246. The Labute approximate surface area is 197 Å². The van der Waals surface area contributed by atoms with Crippen LogP contribution in [0.5, 0.6) is 0 Å². The third kappa shape index (κ3) is 9.05. The summed E-state index contributed by atoms with van der Waals surface area (Å²) in [5.74, 6) is 0.768. The van der Waals surface area contributed by atoms with Crippen molar-refractivity contribution in [3.05, 3.63) is 29.8 Å². The van der Waals surface area contributed by atoms with Crippen molar-refractivity contribution in [3.63, 3.8) is 0 Å². The number of nitrogens with zero attached hydrogens (tertiary/aromatic N) is 2. The Kier molecular flexibility index (Phi) is 11.4. The van der Waals surface area contributed by atoms with Crippen LogP contribution in [0.2, 0.25) is 0 Å². The zero-order valence-corrected chi connectivity index (χ0v) is 21.1. The number of aliphatic imine (C=N–C) groups is 1. The standard InChI is InChI=1S/C21H36N6O2.HI/c1-16(2)25-20(28)26-18-8-6-17(7-9-18)14-23-19(22-5)24-15-21(3,4)27-10-12-29-13-11-27;/h6-9,16H,10-15H2,1-5H3,(H2,22,23,24)(H2,25,26,28);1H. The van der Waals surface area contributed by atoms with Crippen LogP contribution < -0.4 is 21.3 Å². The SMILES string of the molecule is CN=C(NCc1ccc(NC(=O)NC(C)C)cc1)NCC(C)(C)N1CCOCC1.I. The van der Waals surface area contributed by atoms with Crippen molar-refractivity contribution in [3.8, 4) is 0 Å². The molecule has 0 saturated carbocycles. The normalized spacial score (nSPS) is 15.3. The van der Waals surface area contributed by atoms with Gasteiger partial charge < -0.3 is 26.0 Å². The predicted octanol–water partition coefficient (Wildman–Crippen LogP) is 2.61. The number of hydrogen-bond donors (Lipinski definition) is 4. The highest BCUT2D eigenvalue weighted by Gasteiger charge is 2.28. The summed E-state index contributed by atoms with van der Waals surface area (Å²) in [6, 6.07) is 7.68. The number of ether oxygens (including phenoxy) is 1. The molecule has 0 atom stereocenters. The predicted molar refractivity (Wildman–Crippen MR) is 134 cm³/mol. The number of carbonyl (C=O) groups excluding carboxylic acids is 1. The molecule has 1 fully saturated rings. The van der Waals surface area contributed by atoms with Crippen LogP contribution in [0, 0.1) is 0 Å². The molecule has 1 heterocycles. The molecule has 0 aliphatic carbocycles. The van der Waals surface area contributed by atoms with Crippen LogP contribution in [0.25, 0.3) is 0 Å². The number of guanidine groups is 1. The molecule has 170 valence electrons. The van der Waals surface area contributed by atoms with Gasteiger partial charge in [-0.2, -0.15) is 0 Å². The summed E-state index contributed by atoms with van der Waals surface area (Å²) in [5, 5.41) is 12.4. The lowest BCUT2D eigenvalue weighted by molar-refractivity contribution is -0.00834. The Morgan fingerprint density at radius 1 is 1.17 bits per heavy atom. The molecule has 2 rings (SSSR count). The van der Waals surface area contributed by atoms with E-state index in [1.165, 1.54) is 0 Å². The maximum absolute atomic E-state index is 11.8. The Hall–Kier alpha value is -1.59. The fraction of sp³-hybridized carbons (Fsp3) is 0.619. The topological polar surface area (TPSA) is 90.0 Å². The summed E-state index contributed by atoms with van der Waals surface area (Å²) in [6.07, 6.45) is 0. The number of nitrogens with one attached hydrogen (secondary N) is 4. The molecule has 1 aliphatic heterocycles. The van der Waals surface area contributed by atoms with Gasteiger partial charge in [0.2, 0.25) is 0 Å². The maximum Gasteiger partial charge on any atom is 0.319 e. The van der Waals surface area contributed by atoms with Gasteiger partial charge in [0.05, 0.1) is 13.2 Å². The van der Waals surface area contributed by atoms with E-state index in [0.717, 1.165) is 50.1 Å². The van der Waals surface area contributed by atoms with Gasteiger partial charge in [0.1, 0.15) is 0 Å². The Bertz CT molecular complexity index is 673. The van der Waals surface area contributed by atoms with Gasteiger partial charge in [0.15, 0.2) is 5.96 Å². The first-order valence-electron chi connectivity index (χ1n) is 10.2. The number of urea groups is 1. The summed E-state index contributed by atoms with van der Waals surface area (Å²) in [4.78, 5) is 18.5. The molecule has 0 spiro atoms. The highest BCUT2D eigenvalue weighted by molar-refractivity contribution is 14.0. The molecule has 4 N–H and O–H groups in total. The van der Waals surface area contributed by atoms with E-state index in [4.69, 9.17) is 4.74 Å². The van der Waals surface area contributed by atoms with Gasteiger partial charge in [-0.25, -0.2) is 4.79 Å². The van der Waals surface area contributed by atoms with Crippen molar-refractivity contribution in [2.24, 2.45) is 4.99 Å². The number of carbonyl (C=O) groups is 1. The second-order valence-electron chi connectivity index (χ2n) is 8.14. The summed E-state index contributed by atoms with van der Waals surface area (Å²) in [7, 11) is 1.78. The van der Waals surface area contributed by atoms with Gasteiger partial charge in [-0.3, -0.25) is 9.89 Å². The molecule has 1 aromatic rings. The van der Waals surface area contributed by atoms with Crippen molar-refractivity contribution in [1.82, 2.24) is 20.9 Å². The van der Waals surface area contributed by atoms with Crippen LogP contribution in [0.3, 0.4) is 0 Å². The van der Waals surface area contributed by atoms with Gasteiger partial charge in [-0.05, 0) is 45.4 Å². The number of morpholine rings is 1. The highest BCUT2D eigenvalue weighted by Crippen LogP contribution is 2.15. The number of halogens is 1. The van der Waals surface area contributed by atoms with Gasteiger partial charge in [0, 0.05) is 50.5 Å². The summed E-state index contributed by atoms with van der Waals surface area (Å²) >= 11 is 0. The molecule has 1 saturated heterocycles. The molecule has 0 bridgehead atoms. The molecule has 30 heavy (non-hydrogen) atoms. The average Bonchev–Trinajstić information content (AvgIpc) is 2.69. The lowest BCUT2D eigenvalue weighted by atomic mass is 10.0. The average molecular weight is 532 g/mol. The van der Waals surface area contributed by atoms with Crippen LogP contribution in [-0.2, 0) is 11.3 Å². The van der Waals surface area contributed by atoms with Crippen molar-refractivity contribution in [2.75, 3.05) is 45.2 Å². The third-order valence-electron chi connectivity index (χ3n) is 4.87. The Morgan fingerprint density at radius 2 is 1.80 bits per heavy atom. The molecule has 0 aromatic heterocycles. The smallest absolute Gasteiger partial charge is 0.319 e. The zero-order valence-electron chi connectivity index (χ0n) is 18.7. The lowest BCUT2D eigenvalue weighted by Gasteiger charge is -2.41. The molecular formula is C21H37IN6O2. The van der Waals surface area contributed by atoms with Crippen molar-refractivity contribution >= 4 is 41.7 Å². The molecule has 9 heteroatoms. The Morgan fingerprint density at radius 3 is 2.37 bits per heavy atom. The summed E-state index contributed by atoms with van der Waals surface area (Å²) in [6.45, 7) is 13.3. The minimum Gasteiger partial charge on any atom is -0.379 e. The molecule has 1 aromatic carbocycles. The molecular weight excluding hydrogens is 495 g/mol. The number of rotatable bonds is 7. The van der Waals surface area contributed by atoms with Gasteiger partial charge >= 0.3 is 6.03 Å². The molecule has 2 amide bonds. The largest absolute Gasteiger partial charge is 0.379 e. The van der Waals surface area contributed by atoms with E-state index < -0.39 is 0 Å². The van der Waals surface area contributed by atoms with Crippen molar-refractivity contribution in [1.29, 1.82) is 0 Å². The lowest BCUT2D eigenvalue weighted by Crippen LogP contribution is -2.56. The first kappa shape index (κ1) is 26.4. The first-order valence-corrected chi connectivity index (χ1v) is 10.2. The fourth-order valence-corrected chi connectivity index (χ4v) is 3.12. The number of anilines is 1. The number of benzene rings is 1. The Balaban J connectivity index is 0.00000450. The molecule has 0 radical (unpaired) electrons. The maximum atomic E-state index is 11.8. The molecule has 1 aliphatic rings. The first-order chi connectivity index (χ1) is 13.8. The van der Waals surface area contributed by atoms with Crippen LogP contribution in [0.1, 0.15) is 33.3 Å². The minimum atomic E-state index is -0.196. The van der Waals surface area contributed by atoms with Crippen molar-refractivity contribution in [2.45, 2.75) is 45.8 Å². The second-order valence-corrected chi connectivity index (χ2v) is 8.14. The van der Waals surface area contributed by atoms with E-state index in [-0.39, 0.29) is 41.6 Å². The van der Waals surface area contributed by atoms with Crippen LogP contribution in [0.4, 0.5) is 10.5 Å². The second kappa shape index (κ2) is 13.0. The summed E-state index contributed by atoms with van der Waals surface area (Å²) < 4.78 is 5.45. The highest BCUT2D eigenvalue weighted by atomic mass is 127. The van der Waals surface area contributed by atoms with Crippen LogP contribution >= 0.6 is 24.0 Å². The molecule has 8 nitrogen and oxygen atoms in total.